The fraction of sp³-hybridized carbons (Fsp3) is 0.500. The zero-order valence-electron chi connectivity index (χ0n) is 6.26. The first-order chi connectivity index (χ1) is 5.26. The Balaban J connectivity index is 3.91. The molecule has 0 saturated carbocycles. The van der Waals surface area contributed by atoms with Crippen LogP contribution in [0.1, 0.15) is 6.42 Å². The summed E-state index contributed by atoms with van der Waals surface area (Å²) in [5.41, 5.74) is 0. The molecular formula is C6H9BNO2P. The molecule has 1 N–H and O–H groups in total. The van der Waals surface area contributed by atoms with Crippen LogP contribution in [-0.4, -0.2) is 27.0 Å². The molecule has 0 bridgehead atoms. The molecule has 3 nitrogen and oxygen atoms in total. The summed E-state index contributed by atoms with van der Waals surface area (Å²) in [5, 5.41) is 2.67. The molecular weight excluding hydrogens is 160 g/mol. The summed E-state index contributed by atoms with van der Waals surface area (Å²) in [6, 6.07) is -0.416. The molecule has 11 heavy (non-hydrogen) atoms. The van der Waals surface area contributed by atoms with Gasteiger partial charge in [-0.25, -0.2) is 0 Å². The number of hydrogen-bond donors (Lipinski definition) is 1. The Morgan fingerprint density at radius 2 is 2.55 bits per heavy atom. The van der Waals surface area contributed by atoms with Gasteiger partial charge < -0.3 is 4.74 Å². The molecule has 0 aliphatic rings. The van der Waals surface area contributed by atoms with Gasteiger partial charge in [-0.05, 0) is 0 Å². The highest BCUT2D eigenvalue weighted by Gasteiger charge is 2.14. The van der Waals surface area contributed by atoms with Crippen LogP contribution in [0.2, 0.25) is 0 Å². The van der Waals surface area contributed by atoms with Crippen molar-refractivity contribution in [2.75, 3.05) is 7.11 Å². The summed E-state index contributed by atoms with van der Waals surface area (Å²) in [6.45, 7) is 0. The lowest BCUT2D eigenvalue weighted by Crippen LogP contribution is -2.30. The molecule has 0 rings (SSSR count). The maximum atomic E-state index is 10.8. The van der Waals surface area contributed by atoms with E-state index in [0.717, 1.165) is 0 Å². The zero-order valence-corrected chi connectivity index (χ0v) is 7.41. The van der Waals surface area contributed by atoms with E-state index in [1.54, 1.807) is 0 Å². The Hall–Kier alpha value is -0.515. The Bertz CT molecular complexity index is 187. The minimum atomic E-state index is -0.416. The summed E-state index contributed by atoms with van der Waals surface area (Å²) in [5.74, 6) is 4.43. The van der Waals surface area contributed by atoms with E-state index in [0.29, 0.717) is 6.42 Å². The largest absolute Gasteiger partial charge is 0.468 e. The van der Waals surface area contributed by atoms with E-state index in [1.165, 1.54) is 7.11 Å². The monoisotopic (exact) mass is 169 g/mol. The van der Waals surface area contributed by atoms with Gasteiger partial charge in [0.15, 0.2) is 7.85 Å². The van der Waals surface area contributed by atoms with Crippen molar-refractivity contribution in [3.63, 3.8) is 0 Å². The van der Waals surface area contributed by atoms with Crippen LogP contribution < -0.4 is 5.09 Å². The minimum Gasteiger partial charge on any atom is -0.468 e. The van der Waals surface area contributed by atoms with Crippen LogP contribution in [0.3, 0.4) is 0 Å². The van der Waals surface area contributed by atoms with Gasteiger partial charge in [-0.3, -0.25) is 9.88 Å². The maximum absolute atomic E-state index is 10.8. The molecule has 0 spiro atoms. The number of methoxy groups -OCH3 is 1. The predicted octanol–water partition coefficient (Wildman–Crippen LogP) is -0.573. The highest BCUT2D eigenvalue weighted by Crippen LogP contribution is 1.95. The molecule has 58 valence electrons. The first kappa shape index (κ1) is 10.5. The number of ether oxygens (including phenoxy) is 1. The summed E-state index contributed by atoms with van der Waals surface area (Å²) in [4.78, 5) is 10.8. The molecule has 0 aromatic heterocycles. The first-order valence-electron chi connectivity index (χ1n) is 2.98. The molecule has 2 radical (unpaired) electrons. The van der Waals surface area contributed by atoms with E-state index in [2.05, 4.69) is 31.0 Å². The number of nitrogens with one attached hydrogen (secondary N) is 1. The lowest BCUT2D eigenvalue weighted by Gasteiger charge is -2.08. The Kier molecular flexibility index (Phi) is 5.92. The number of esters is 1. The summed E-state index contributed by atoms with van der Waals surface area (Å²) >= 11 is 0. The third-order valence-electron chi connectivity index (χ3n) is 1.10. The normalized spacial score (nSPS) is 11.1. The molecule has 0 heterocycles. The standard InChI is InChI=1S/C6H9BNO2P/c1-10-6(9)5(8-11)3-2-4-7/h5,8H,3,11H2,1H3. The van der Waals surface area contributed by atoms with Gasteiger partial charge in [0, 0.05) is 6.42 Å². The van der Waals surface area contributed by atoms with Crippen LogP contribution in [-0.2, 0) is 9.53 Å². The summed E-state index contributed by atoms with van der Waals surface area (Å²) < 4.78 is 4.48. The third kappa shape index (κ3) is 4.03. The Labute approximate surface area is 69.9 Å². The van der Waals surface area contributed by atoms with E-state index in [9.17, 15) is 4.79 Å². The topological polar surface area (TPSA) is 38.3 Å². The molecule has 2 unspecified atom stereocenters. The Morgan fingerprint density at radius 1 is 1.91 bits per heavy atom. The lowest BCUT2D eigenvalue weighted by molar-refractivity contribution is -0.142. The highest BCUT2D eigenvalue weighted by molar-refractivity contribution is 7.13. The molecule has 0 aliphatic heterocycles. The van der Waals surface area contributed by atoms with Gasteiger partial charge in [0.1, 0.15) is 6.04 Å². The highest BCUT2D eigenvalue weighted by atomic mass is 31.0. The SMILES string of the molecule is [B]C#CCC(NP)C(=O)OC. The van der Waals surface area contributed by atoms with Crippen molar-refractivity contribution in [1.82, 2.24) is 5.09 Å². The lowest BCUT2D eigenvalue weighted by atomic mass is 10.1. The minimum absolute atomic E-state index is 0.345. The third-order valence-corrected chi connectivity index (χ3v) is 1.50. The van der Waals surface area contributed by atoms with Crippen LogP contribution in [0.15, 0.2) is 0 Å². The van der Waals surface area contributed by atoms with Crippen LogP contribution in [0.25, 0.3) is 0 Å². The van der Waals surface area contributed by atoms with Crippen molar-refractivity contribution in [2.24, 2.45) is 0 Å². The molecule has 0 saturated heterocycles. The zero-order chi connectivity index (χ0) is 8.69. The molecule has 0 aromatic carbocycles. The van der Waals surface area contributed by atoms with E-state index in [-0.39, 0.29) is 5.97 Å². The number of carbonyl (C=O) groups is 1. The van der Waals surface area contributed by atoms with E-state index < -0.39 is 6.04 Å². The molecule has 0 aromatic rings. The fourth-order valence-corrected chi connectivity index (χ4v) is 0.767. The van der Waals surface area contributed by atoms with Crippen molar-refractivity contribution < 1.29 is 9.53 Å². The number of rotatable bonds is 3. The molecule has 0 aliphatic carbocycles. The smallest absolute Gasteiger partial charge is 0.324 e. The maximum Gasteiger partial charge on any atom is 0.324 e. The van der Waals surface area contributed by atoms with Crippen LogP contribution in [0, 0.1) is 11.7 Å². The predicted molar refractivity (Wildman–Crippen MR) is 46.8 cm³/mol. The van der Waals surface area contributed by atoms with Crippen molar-refractivity contribution in [3.8, 4) is 11.7 Å². The average molecular weight is 169 g/mol. The van der Waals surface area contributed by atoms with Crippen LogP contribution in [0.5, 0.6) is 0 Å². The fourth-order valence-electron chi connectivity index (χ4n) is 0.514. The van der Waals surface area contributed by atoms with Crippen molar-refractivity contribution in [3.05, 3.63) is 0 Å². The second kappa shape index (κ2) is 6.21. The van der Waals surface area contributed by atoms with E-state index in [4.69, 9.17) is 7.85 Å². The molecule has 0 amide bonds. The molecule has 2 atom stereocenters. The second-order valence-corrected chi connectivity index (χ2v) is 2.10. The Morgan fingerprint density at radius 3 is 2.91 bits per heavy atom. The van der Waals surface area contributed by atoms with Crippen molar-refractivity contribution in [2.45, 2.75) is 12.5 Å². The van der Waals surface area contributed by atoms with Crippen molar-refractivity contribution >= 4 is 23.2 Å². The quantitative estimate of drug-likeness (QED) is 0.266. The van der Waals surface area contributed by atoms with Crippen molar-refractivity contribution in [1.29, 1.82) is 0 Å². The van der Waals surface area contributed by atoms with Gasteiger partial charge in [-0.1, -0.05) is 9.39 Å². The van der Waals surface area contributed by atoms with Gasteiger partial charge >= 0.3 is 5.97 Å². The van der Waals surface area contributed by atoms with Crippen LogP contribution >= 0.6 is 9.39 Å². The van der Waals surface area contributed by atoms with Crippen LogP contribution in [0.4, 0.5) is 0 Å². The van der Waals surface area contributed by atoms with Gasteiger partial charge in [-0.15, -0.1) is 5.92 Å². The van der Waals surface area contributed by atoms with Gasteiger partial charge in [0.2, 0.25) is 0 Å². The average Bonchev–Trinajstić information content (AvgIpc) is 2.05. The summed E-state index contributed by atoms with van der Waals surface area (Å²) in [6.07, 6.45) is 0.354. The van der Waals surface area contributed by atoms with Gasteiger partial charge in [-0.2, -0.15) is 5.82 Å². The first-order valence-corrected chi connectivity index (χ1v) is 3.56. The van der Waals surface area contributed by atoms with Gasteiger partial charge in [0.25, 0.3) is 0 Å². The molecule has 0 fully saturated rings. The molecule has 5 heteroatoms. The number of carbonyl (C=O) groups excluding carboxylic acids is 1. The van der Waals surface area contributed by atoms with Gasteiger partial charge in [0.05, 0.1) is 7.11 Å². The van der Waals surface area contributed by atoms with E-state index >= 15 is 0 Å². The summed E-state index contributed by atoms with van der Waals surface area (Å²) in [7, 11) is 8.48. The second-order valence-electron chi connectivity index (χ2n) is 1.77. The van der Waals surface area contributed by atoms with E-state index in [1.807, 2.05) is 0 Å². The number of hydrogen-bond acceptors (Lipinski definition) is 3.